The van der Waals surface area contributed by atoms with Crippen LogP contribution in [0.15, 0.2) is 41.6 Å². The largest absolute Gasteiger partial charge is 0.495 e. The van der Waals surface area contributed by atoms with Gasteiger partial charge >= 0.3 is 0 Å². The molecule has 1 atom stereocenters. The van der Waals surface area contributed by atoms with Gasteiger partial charge in [0.05, 0.1) is 26.4 Å². The third-order valence-corrected chi connectivity index (χ3v) is 6.17. The van der Waals surface area contributed by atoms with Crippen molar-refractivity contribution in [1.82, 2.24) is 0 Å². The first-order chi connectivity index (χ1) is 14.3. The van der Waals surface area contributed by atoms with Crippen LogP contribution in [0, 0.1) is 5.41 Å². The van der Waals surface area contributed by atoms with E-state index in [-0.39, 0.29) is 17.1 Å². The average molecular weight is 428 g/mol. The number of rotatable bonds is 4. The van der Waals surface area contributed by atoms with Gasteiger partial charge < -0.3 is 19.5 Å². The number of ether oxygens (including phenoxy) is 3. The molecule has 0 bridgehead atoms. The number of carbonyl (C=O) groups is 1. The van der Waals surface area contributed by atoms with E-state index in [4.69, 9.17) is 25.8 Å². The molecule has 0 amide bonds. The molecule has 2 aliphatic rings. The molecule has 1 heterocycles. The normalized spacial score (nSPS) is 19.5. The highest BCUT2D eigenvalue weighted by Crippen LogP contribution is 2.51. The highest BCUT2D eigenvalue weighted by Gasteiger charge is 2.41. The number of halogens is 1. The molecule has 4 rings (SSSR count). The summed E-state index contributed by atoms with van der Waals surface area (Å²) in [7, 11) is 4.82. The van der Waals surface area contributed by atoms with Crippen molar-refractivity contribution < 1.29 is 19.0 Å². The molecule has 0 spiro atoms. The summed E-state index contributed by atoms with van der Waals surface area (Å²) in [6.45, 7) is 4.25. The quantitative estimate of drug-likeness (QED) is 0.691. The topological polar surface area (TPSA) is 56.8 Å². The maximum Gasteiger partial charge on any atom is 0.162 e. The molecule has 2 aromatic rings. The average Bonchev–Trinajstić information content (AvgIpc) is 2.70. The number of methoxy groups -OCH3 is 3. The Labute approximate surface area is 182 Å². The van der Waals surface area contributed by atoms with Gasteiger partial charge in [-0.15, -0.1) is 0 Å². The van der Waals surface area contributed by atoms with Crippen molar-refractivity contribution in [1.29, 1.82) is 0 Å². The fourth-order valence-corrected chi connectivity index (χ4v) is 4.82. The van der Waals surface area contributed by atoms with E-state index in [1.807, 2.05) is 30.3 Å². The zero-order valence-electron chi connectivity index (χ0n) is 17.9. The van der Waals surface area contributed by atoms with Crippen molar-refractivity contribution in [3.8, 4) is 17.2 Å². The summed E-state index contributed by atoms with van der Waals surface area (Å²) in [5, 5.41) is 4.03. The molecule has 0 saturated carbocycles. The molecule has 5 nitrogen and oxygen atoms in total. The Morgan fingerprint density at radius 3 is 2.27 bits per heavy atom. The van der Waals surface area contributed by atoms with Crippen LogP contribution in [0.5, 0.6) is 17.2 Å². The van der Waals surface area contributed by atoms with Crippen LogP contribution in [-0.4, -0.2) is 27.1 Å². The second-order valence-electron chi connectivity index (χ2n) is 8.58. The monoisotopic (exact) mass is 427 g/mol. The number of hydrogen-bond acceptors (Lipinski definition) is 5. The predicted molar refractivity (Wildman–Crippen MR) is 118 cm³/mol. The molecule has 1 N–H and O–H groups in total. The second-order valence-corrected chi connectivity index (χ2v) is 8.99. The van der Waals surface area contributed by atoms with E-state index < -0.39 is 0 Å². The summed E-state index contributed by atoms with van der Waals surface area (Å²) in [4.78, 5) is 13.3. The van der Waals surface area contributed by atoms with Crippen LogP contribution in [-0.2, 0) is 4.79 Å². The van der Waals surface area contributed by atoms with Crippen molar-refractivity contribution in [3.05, 3.63) is 57.8 Å². The molecule has 30 heavy (non-hydrogen) atoms. The van der Waals surface area contributed by atoms with Crippen molar-refractivity contribution in [2.24, 2.45) is 5.41 Å². The summed E-state index contributed by atoms with van der Waals surface area (Å²) in [6, 6.07) is 9.58. The minimum Gasteiger partial charge on any atom is -0.495 e. The fraction of sp³-hybridized carbons (Fsp3) is 0.375. The maximum absolute atomic E-state index is 13.3. The van der Waals surface area contributed by atoms with Gasteiger partial charge in [-0.1, -0.05) is 31.5 Å². The van der Waals surface area contributed by atoms with Gasteiger partial charge in [0.1, 0.15) is 5.75 Å². The Hall–Kier alpha value is -2.66. The van der Waals surface area contributed by atoms with Crippen molar-refractivity contribution in [2.45, 2.75) is 32.6 Å². The molecule has 6 heteroatoms. The van der Waals surface area contributed by atoms with Gasteiger partial charge in [0.25, 0.3) is 0 Å². The van der Waals surface area contributed by atoms with Gasteiger partial charge in [-0.2, -0.15) is 0 Å². The van der Waals surface area contributed by atoms with Crippen LogP contribution in [0.1, 0.15) is 43.7 Å². The Kier molecular flexibility index (Phi) is 5.18. The molecule has 0 radical (unpaired) electrons. The van der Waals surface area contributed by atoms with E-state index >= 15 is 0 Å². The molecular weight excluding hydrogens is 402 g/mol. The van der Waals surface area contributed by atoms with Crippen LogP contribution >= 0.6 is 11.6 Å². The van der Waals surface area contributed by atoms with Gasteiger partial charge in [0.15, 0.2) is 17.3 Å². The highest BCUT2D eigenvalue weighted by atomic mass is 35.5. The van der Waals surface area contributed by atoms with Gasteiger partial charge in [-0.05, 0) is 41.2 Å². The number of hydrogen-bond donors (Lipinski definition) is 1. The van der Waals surface area contributed by atoms with E-state index in [2.05, 4.69) is 19.2 Å². The van der Waals surface area contributed by atoms with Crippen molar-refractivity contribution >= 4 is 23.1 Å². The SMILES string of the molecule is COc1ccc([C@H]2C3=C(CC(C)(C)CC3=O)Nc3cc(OC)c(OC)cc32)cc1Cl. The van der Waals surface area contributed by atoms with Crippen LogP contribution in [0.2, 0.25) is 5.02 Å². The zero-order chi connectivity index (χ0) is 21.6. The minimum atomic E-state index is -0.247. The highest BCUT2D eigenvalue weighted by molar-refractivity contribution is 6.32. The van der Waals surface area contributed by atoms with Crippen molar-refractivity contribution in [3.63, 3.8) is 0 Å². The summed E-state index contributed by atoms with van der Waals surface area (Å²) in [5.74, 6) is 1.78. The van der Waals surface area contributed by atoms with E-state index in [0.717, 1.165) is 34.5 Å². The first-order valence-corrected chi connectivity index (χ1v) is 10.3. The molecule has 0 aromatic heterocycles. The lowest BCUT2D eigenvalue weighted by Crippen LogP contribution is -2.33. The molecular formula is C24H26ClNO4. The Balaban J connectivity index is 1.95. The number of nitrogens with one attached hydrogen (secondary N) is 1. The van der Waals surface area contributed by atoms with Crippen LogP contribution in [0.3, 0.4) is 0 Å². The molecule has 1 aliphatic heterocycles. The molecule has 0 unspecified atom stereocenters. The van der Waals surface area contributed by atoms with Gasteiger partial charge in [-0.3, -0.25) is 4.79 Å². The lowest BCUT2D eigenvalue weighted by atomic mass is 9.68. The number of ketones is 1. The van der Waals surface area contributed by atoms with Crippen LogP contribution < -0.4 is 19.5 Å². The van der Waals surface area contributed by atoms with E-state index in [9.17, 15) is 4.79 Å². The summed E-state index contributed by atoms with van der Waals surface area (Å²) in [5.41, 5.74) is 4.48. The third kappa shape index (κ3) is 3.41. The number of anilines is 1. The first kappa shape index (κ1) is 20.6. The molecule has 1 aliphatic carbocycles. The minimum absolute atomic E-state index is 0.0981. The standard InChI is InChI=1S/C24H26ClNO4/c1-24(2)11-17-23(18(27)12-24)22(13-6-7-19(28-3)15(25)8-13)14-9-20(29-4)21(30-5)10-16(14)26-17/h6-10,22,26H,11-12H2,1-5H3/t22-/m1/s1. The molecule has 158 valence electrons. The number of Topliss-reactive ketones (excluding diaryl/α,β-unsaturated/α-hetero) is 1. The Morgan fingerprint density at radius 2 is 1.63 bits per heavy atom. The van der Waals surface area contributed by atoms with Crippen LogP contribution in [0.4, 0.5) is 5.69 Å². The predicted octanol–water partition coefficient (Wildman–Crippen LogP) is 5.57. The van der Waals surface area contributed by atoms with Crippen LogP contribution in [0.25, 0.3) is 0 Å². The smallest absolute Gasteiger partial charge is 0.162 e. The Bertz CT molecular complexity index is 1060. The summed E-state index contributed by atoms with van der Waals surface area (Å²) >= 11 is 6.45. The van der Waals surface area contributed by atoms with E-state index in [1.165, 1.54) is 0 Å². The van der Waals surface area contributed by atoms with Crippen molar-refractivity contribution in [2.75, 3.05) is 26.6 Å². The second kappa shape index (κ2) is 7.55. The molecule has 0 fully saturated rings. The third-order valence-electron chi connectivity index (χ3n) is 5.87. The number of fused-ring (bicyclic) bond motifs is 1. The van der Waals surface area contributed by atoms with Gasteiger partial charge in [0, 0.05) is 35.4 Å². The van der Waals surface area contributed by atoms with E-state index in [1.54, 1.807) is 21.3 Å². The first-order valence-electron chi connectivity index (χ1n) is 9.90. The summed E-state index contributed by atoms with van der Waals surface area (Å²) < 4.78 is 16.4. The lowest BCUT2D eigenvalue weighted by Gasteiger charge is -2.39. The zero-order valence-corrected chi connectivity index (χ0v) is 18.6. The van der Waals surface area contributed by atoms with E-state index in [0.29, 0.717) is 28.7 Å². The number of allylic oxidation sites excluding steroid dienone is 2. The molecule has 0 saturated heterocycles. The molecule has 2 aromatic carbocycles. The fourth-order valence-electron chi connectivity index (χ4n) is 4.55. The summed E-state index contributed by atoms with van der Waals surface area (Å²) in [6.07, 6.45) is 1.30. The maximum atomic E-state index is 13.3. The Morgan fingerprint density at radius 1 is 0.967 bits per heavy atom. The lowest BCUT2D eigenvalue weighted by molar-refractivity contribution is -0.118. The number of carbonyl (C=O) groups excluding carboxylic acids is 1. The van der Waals surface area contributed by atoms with Gasteiger partial charge in [0.2, 0.25) is 0 Å². The number of benzene rings is 2. The van der Waals surface area contributed by atoms with Gasteiger partial charge in [-0.25, -0.2) is 0 Å².